The highest BCUT2D eigenvalue weighted by Gasteiger charge is 2.27. The van der Waals surface area contributed by atoms with Gasteiger partial charge in [-0.05, 0) is 37.8 Å². The van der Waals surface area contributed by atoms with Crippen LogP contribution in [0.4, 0.5) is 0 Å². The fourth-order valence-electron chi connectivity index (χ4n) is 2.72. The molecule has 0 atom stereocenters. The van der Waals surface area contributed by atoms with Crippen LogP contribution >= 0.6 is 24.0 Å². The van der Waals surface area contributed by atoms with Gasteiger partial charge < -0.3 is 10.6 Å². The fourth-order valence-corrected chi connectivity index (χ4v) is 2.72. The van der Waals surface area contributed by atoms with Crippen molar-refractivity contribution in [1.82, 2.24) is 15.5 Å². The highest BCUT2D eigenvalue weighted by atomic mass is 127. The summed E-state index contributed by atoms with van der Waals surface area (Å²) in [6, 6.07) is 11.5. The van der Waals surface area contributed by atoms with Crippen LogP contribution in [0.15, 0.2) is 35.3 Å². The van der Waals surface area contributed by atoms with Crippen molar-refractivity contribution in [2.24, 2.45) is 4.99 Å². The van der Waals surface area contributed by atoms with Crippen LogP contribution < -0.4 is 10.6 Å². The molecule has 1 aromatic rings. The summed E-state index contributed by atoms with van der Waals surface area (Å²) in [5, 5.41) is 6.81. The van der Waals surface area contributed by atoms with Crippen LogP contribution in [0.5, 0.6) is 0 Å². The Bertz CT molecular complexity index is 446. The van der Waals surface area contributed by atoms with E-state index < -0.39 is 0 Å². The van der Waals surface area contributed by atoms with Gasteiger partial charge in [0.2, 0.25) is 0 Å². The van der Waals surface area contributed by atoms with E-state index in [1.165, 1.54) is 18.4 Å². The van der Waals surface area contributed by atoms with Crippen LogP contribution in [0.1, 0.15) is 31.7 Å². The molecular formula is C18H31IN4. The zero-order chi connectivity index (χ0) is 15.6. The number of likely N-dealkylation sites (N-methyl/N-ethyl adjacent to an activating group) is 1. The van der Waals surface area contributed by atoms with Gasteiger partial charge in [-0.25, -0.2) is 0 Å². The summed E-state index contributed by atoms with van der Waals surface area (Å²) in [7, 11) is 1.84. The van der Waals surface area contributed by atoms with Crippen LogP contribution in [0.25, 0.3) is 0 Å². The van der Waals surface area contributed by atoms with E-state index in [2.05, 4.69) is 57.8 Å². The van der Waals surface area contributed by atoms with Crippen LogP contribution in [-0.4, -0.2) is 50.1 Å². The summed E-state index contributed by atoms with van der Waals surface area (Å²) in [6.07, 6.45) is 4.98. The zero-order valence-electron chi connectivity index (χ0n) is 14.4. The lowest BCUT2D eigenvalue weighted by Crippen LogP contribution is -2.42. The predicted molar refractivity (Wildman–Crippen MR) is 110 cm³/mol. The minimum atomic E-state index is 0. The maximum absolute atomic E-state index is 4.29. The number of hydrogen-bond acceptors (Lipinski definition) is 2. The number of aliphatic imine (C=N–C) groups is 1. The molecule has 0 aromatic heterocycles. The molecule has 5 heteroatoms. The van der Waals surface area contributed by atoms with Crippen molar-refractivity contribution in [2.75, 3.05) is 33.2 Å². The van der Waals surface area contributed by atoms with E-state index in [0.29, 0.717) is 0 Å². The second-order valence-electron chi connectivity index (χ2n) is 5.87. The lowest BCUT2D eigenvalue weighted by molar-refractivity contribution is 0.282. The third-order valence-electron chi connectivity index (χ3n) is 4.16. The number of hydrogen-bond donors (Lipinski definition) is 2. The number of benzene rings is 1. The molecule has 0 spiro atoms. The molecular weight excluding hydrogens is 399 g/mol. The van der Waals surface area contributed by atoms with Gasteiger partial charge in [0.05, 0.1) is 0 Å². The Morgan fingerprint density at radius 3 is 2.48 bits per heavy atom. The first-order chi connectivity index (χ1) is 10.8. The summed E-state index contributed by atoms with van der Waals surface area (Å²) in [4.78, 5) is 6.84. The van der Waals surface area contributed by atoms with Gasteiger partial charge in [0.25, 0.3) is 0 Å². The topological polar surface area (TPSA) is 39.7 Å². The van der Waals surface area contributed by atoms with Crippen molar-refractivity contribution < 1.29 is 0 Å². The molecule has 1 aliphatic rings. The van der Waals surface area contributed by atoms with Crippen molar-refractivity contribution in [3.8, 4) is 0 Å². The first-order valence-corrected chi connectivity index (χ1v) is 8.56. The standard InChI is InChI=1S/C18H30N4.HI/c1-3-22(17-11-12-17)15-14-21-18(19-2)20-13-7-10-16-8-5-4-6-9-16;/h4-6,8-9,17H,3,7,10-15H2,1-2H3,(H2,19,20,21);1H. The molecule has 0 radical (unpaired) electrons. The molecule has 0 aliphatic heterocycles. The summed E-state index contributed by atoms with van der Waals surface area (Å²) in [5.74, 6) is 0.917. The molecule has 0 unspecified atom stereocenters. The minimum Gasteiger partial charge on any atom is -0.356 e. The maximum Gasteiger partial charge on any atom is 0.191 e. The van der Waals surface area contributed by atoms with E-state index >= 15 is 0 Å². The zero-order valence-corrected chi connectivity index (χ0v) is 16.8. The third-order valence-corrected chi connectivity index (χ3v) is 4.16. The van der Waals surface area contributed by atoms with E-state index in [9.17, 15) is 0 Å². The van der Waals surface area contributed by atoms with Crippen LogP contribution in [0, 0.1) is 0 Å². The number of nitrogens with one attached hydrogen (secondary N) is 2. The molecule has 2 rings (SSSR count). The van der Waals surface area contributed by atoms with Gasteiger partial charge in [-0.2, -0.15) is 0 Å². The normalized spacial score (nSPS) is 14.5. The number of aryl methyl sites for hydroxylation is 1. The van der Waals surface area contributed by atoms with Crippen molar-refractivity contribution in [2.45, 2.75) is 38.6 Å². The SMILES string of the molecule is CCN(CCNC(=NC)NCCCc1ccccc1)C1CC1.I. The molecule has 2 N–H and O–H groups in total. The Kier molecular flexibility index (Phi) is 10.3. The second kappa shape index (κ2) is 11.7. The van der Waals surface area contributed by atoms with Gasteiger partial charge >= 0.3 is 0 Å². The number of halogens is 1. The van der Waals surface area contributed by atoms with Gasteiger partial charge in [0.1, 0.15) is 0 Å². The molecule has 0 bridgehead atoms. The number of nitrogens with zero attached hydrogens (tertiary/aromatic N) is 2. The Morgan fingerprint density at radius 1 is 1.17 bits per heavy atom. The lowest BCUT2D eigenvalue weighted by atomic mass is 10.1. The molecule has 4 nitrogen and oxygen atoms in total. The fraction of sp³-hybridized carbons (Fsp3) is 0.611. The van der Waals surface area contributed by atoms with E-state index in [-0.39, 0.29) is 24.0 Å². The molecule has 1 saturated carbocycles. The Balaban J connectivity index is 0.00000264. The highest BCUT2D eigenvalue weighted by Crippen LogP contribution is 2.25. The van der Waals surface area contributed by atoms with Crippen LogP contribution in [0.2, 0.25) is 0 Å². The van der Waals surface area contributed by atoms with Gasteiger partial charge in [-0.3, -0.25) is 9.89 Å². The Hall–Kier alpha value is -0.820. The van der Waals surface area contributed by atoms with Crippen molar-refractivity contribution in [3.05, 3.63) is 35.9 Å². The monoisotopic (exact) mass is 430 g/mol. The quantitative estimate of drug-likeness (QED) is 0.274. The molecule has 1 aromatic carbocycles. The summed E-state index contributed by atoms with van der Waals surface area (Å²) < 4.78 is 0. The van der Waals surface area contributed by atoms with E-state index in [0.717, 1.165) is 51.0 Å². The van der Waals surface area contributed by atoms with Gasteiger partial charge in [0, 0.05) is 32.7 Å². The Labute approximate surface area is 158 Å². The van der Waals surface area contributed by atoms with Crippen molar-refractivity contribution in [3.63, 3.8) is 0 Å². The summed E-state index contributed by atoms with van der Waals surface area (Å²) >= 11 is 0. The molecule has 1 aliphatic carbocycles. The van der Waals surface area contributed by atoms with Gasteiger partial charge in [-0.1, -0.05) is 37.3 Å². The first kappa shape index (κ1) is 20.2. The average Bonchev–Trinajstić information content (AvgIpc) is 3.39. The van der Waals surface area contributed by atoms with Crippen molar-refractivity contribution in [1.29, 1.82) is 0 Å². The second-order valence-corrected chi connectivity index (χ2v) is 5.87. The van der Waals surface area contributed by atoms with E-state index in [1.807, 2.05) is 7.05 Å². The van der Waals surface area contributed by atoms with Gasteiger partial charge in [-0.15, -0.1) is 24.0 Å². The maximum atomic E-state index is 4.29. The van der Waals surface area contributed by atoms with Crippen LogP contribution in [-0.2, 0) is 6.42 Å². The number of rotatable bonds is 9. The van der Waals surface area contributed by atoms with Crippen LogP contribution in [0.3, 0.4) is 0 Å². The molecule has 0 amide bonds. The minimum absolute atomic E-state index is 0. The number of guanidine groups is 1. The summed E-state index contributed by atoms with van der Waals surface area (Å²) in [6.45, 7) is 6.41. The highest BCUT2D eigenvalue weighted by molar-refractivity contribution is 14.0. The van der Waals surface area contributed by atoms with E-state index in [1.54, 1.807) is 0 Å². The third kappa shape index (κ3) is 8.01. The smallest absolute Gasteiger partial charge is 0.191 e. The molecule has 130 valence electrons. The Morgan fingerprint density at radius 2 is 1.87 bits per heavy atom. The lowest BCUT2D eigenvalue weighted by Gasteiger charge is -2.20. The molecule has 23 heavy (non-hydrogen) atoms. The largest absolute Gasteiger partial charge is 0.356 e. The molecule has 1 fully saturated rings. The van der Waals surface area contributed by atoms with E-state index in [4.69, 9.17) is 0 Å². The predicted octanol–water partition coefficient (Wildman–Crippen LogP) is 2.89. The first-order valence-electron chi connectivity index (χ1n) is 8.56. The average molecular weight is 430 g/mol. The summed E-state index contributed by atoms with van der Waals surface area (Å²) in [5.41, 5.74) is 1.40. The van der Waals surface area contributed by atoms with Crippen molar-refractivity contribution >= 4 is 29.9 Å². The molecule has 0 heterocycles. The molecule has 0 saturated heterocycles. The van der Waals surface area contributed by atoms with Gasteiger partial charge in [0.15, 0.2) is 5.96 Å².